The number of hydrogen-bond acceptors (Lipinski definition) is 1. The third-order valence-corrected chi connectivity index (χ3v) is 4.85. The Balaban J connectivity index is 1.70. The number of benzene rings is 1. The van der Waals surface area contributed by atoms with Crippen LogP contribution in [0.15, 0.2) is 34.8 Å². The highest BCUT2D eigenvalue weighted by atomic mass is 79.9. The Morgan fingerprint density at radius 3 is 3.00 bits per heavy atom. The van der Waals surface area contributed by atoms with Gasteiger partial charge < -0.3 is 5.32 Å². The van der Waals surface area contributed by atoms with Crippen LogP contribution in [-0.2, 0) is 0 Å². The van der Waals surface area contributed by atoms with Gasteiger partial charge in [0.2, 0.25) is 0 Å². The van der Waals surface area contributed by atoms with Crippen LogP contribution in [0.2, 0.25) is 5.02 Å². The average Bonchev–Trinajstić information content (AvgIpc) is 2.61. The van der Waals surface area contributed by atoms with E-state index in [1.54, 1.807) is 0 Å². The molecule has 3 unspecified atom stereocenters. The normalized spacial score (nSPS) is 31.0. The van der Waals surface area contributed by atoms with E-state index in [0.717, 1.165) is 27.0 Å². The van der Waals surface area contributed by atoms with Crippen molar-refractivity contribution in [2.45, 2.75) is 18.9 Å². The van der Waals surface area contributed by atoms with Crippen LogP contribution in [0.1, 0.15) is 12.8 Å². The molecule has 1 saturated carbocycles. The predicted octanol–water partition coefficient (Wildman–Crippen LogP) is 4.48. The van der Waals surface area contributed by atoms with Crippen molar-refractivity contribution in [2.24, 2.45) is 11.8 Å². The van der Waals surface area contributed by atoms with Crippen LogP contribution >= 0.6 is 27.5 Å². The van der Waals surface area contributed by atoms with Crippen molar-refractivity contribution < 1.29 is 0 Å². The molecule has 1 N–H and O–H groups in total. The Hall–Kier alpha value is -0.470. The van der Waals surface area contributed by atoms with Crippen molar-refractivity contribution in [3.05, 3.63) is 39.8 Å². The smallest absolute Gasteiger partial charge is 0.0549 e. The predicted molar refractivity (Wildman–Crippen MR) is 71.9 cm³/mol. The van der Waals surface area contributed by atoms with Crippen molar-refractivity contribution in [3.63, 3.8) is 0 Å². The number of hydrogen-bond donors (Lipinski definition) is 1. The second-order valence-corrected chi connectivity index (χ2v) is 5.88. The van der Waals surface area contributed by atoms with Gasteiger partial charge in [0, 0.05) is 22.1 Å². The zero-order valence-electron chi connectivity index (χ0n) is 8.79. The molecule has 1 nitrogen and oxygen atoms in total. The Morgan fingerprint density at radius 2 is 2.25 bits per heavy atom. The summed E-state index contributed by atoms with van der Waals surface area (Å²) < 4.78 is 0.956. The summed E-state index contributed by atoms with van der Waals surface area (Å²) in [5, 5.41) is 4.34. The van der Waals surface area contributed by atoms with E-state index in [-0.39, 0.29) is 0 Å². The van der Waals surface area contributed by atoms with Gasteiger partial charge in [-0.15, -0.1) is 0 Å². The van der Waals surface area contributed by atoms with E-state index >= 15 is 0 Å². The van der Waals surface area contributed by atoms with Crippen LogP contribution in [0.5, 0.6) is 0 Å². The summed E-state index contributed by atoms with van der Waals surface area (Å²) >= 11 is 9.41. The maximum absolute atomic E-state index is 5.97. The van der Waals surface area contributed by atoms with Gasteiger partial charge in [-0.2, -0.15) is 0 Å². The molecule has 3 rings (SSSR count). The first-order valence-corrected chi connectivity index (χ1v) is 6.79. The average molecular weight is 299 g/mol. The Morgan fingerprint density at radius 1 is 1.38 bits per heavy atom. The van der Waals surface area contributed by atoms with E-state index in [0.29, 0.717) is 6.04 Å². The zero-order chi connectivity index (χ0) is 11.1. The quantitative estimate of drug-likeness (QED) is 0.794. The second-order valence-electron chi connectivity index (χ2n) is 4.62. The van der Waals surface area contributed by atoms with Crippen LogP contribution in [-0.4, -0.2) is 6.04 Å². The molecule has 0 saturated heterocycles. The summed E-state index contributed by atoms with van der Waals surface area (Å²) in [6, 6.07) is 6.62. The van der Waals surface area contributed by atoms with Gasteiger partial charge in [-0.05, 0) is 52.9 Å². The molecule has 0 amide bonds. The second kappa shape index (κ2) is 4.08. The molecule has 84 valence electrons. The molecular weight excluding hydrogens is 286 g/mol. The molecule has 3 heteroatoms. The van der Waals surface area contributed by atoms with E-state index in [1.807, 2.05) is 18.2 Å². The monoisotopic (exact) mass is 297 g/mol. The fraction of sp³-hybridized carbons (Fsp3) is 0.385. The lowest BCUT2D eigenvalue weighted by Gasteiger charge is -2.41. The molecule has 2 aliphatic rings. The Kier molecular flexibility index (Phi) is 2.72. The fourth-order valence-electron chi connectivity index (χ4n) is 2.68. The largest absolute Gasteiger partial charge is 0.382 e. The summed E-state index contributed by atoms with van der Waals surface area (Å²) in [7, 11) is 0. The molecule has 1 fully saturated rings. The van der Waals surface area contributed by atoms with Crippen molar-refractivity contribution in [1.82, 2.24) is 0 Å². The molecule has 16 heavy (non-hydrogen) atoms. The summed E-state index contributed by atoms with van der Waals surface area (Å²) in [5.41, 5.74) is 1.15. The van der Waals surface area contributed by atoms with Gasteiger partial charge in [-0.25, -0.2) is 0 Å². The lowest BCUT2D eigenvalue weighted by molar-refractivity contribution is 0.218. The van der Waals surface area contributed by atoms with Crippen molar-refractivity contribution in [3.8, 4) is 0 Å². The van der Waals surface area contributed by atoms with Crippen LogP contribution < -0.4 is 5.32 Å². The summed E-state index contributed by atoms with van der Waals surface area (Å²) in [6.07, 6.45) is 7.23. The van der Waals surface area contributed by atoms with E-state index in [4.69, 9.17) is 11.6 Å². The first kappa shape index (κ1) is 10.7. The highest BCUT2D eigenvalue weighted by Gasteiger charge is 2.40. The molecule has 1 aromatic rings. The van der Waals surface area contributed by atoms with Gasteiger partial charge in [0.15, 0.2) is 0 Å². The number of allylic oxidation sites excluding steroid dienone is 1. The lowest BCUT2D eigenvalue weighted by Crippen LogP contribution is -2.43. The maximum atomic E-state index is 5.97. The fourth-order valence-corrected chi connectivity index (χ4v) is 3.18. The van der Waals surface area contributed by atoms with Crippen molar-refractivity contribution >= 4 is 33.2 Å². The minimum Gasteiger partial charge on any atom is -0.382 e. The van der Waals surface area contributed by atoms with E-state index < -0.39 is 0 Å². The number of nitrogens with one attached hydrogen (secondary N) is 1. The zero-order valence-corrected chi connectivity index (χ0v) is 11.1. The summed E-state index contributed by atoms with van der Waals surface area (Å²) in [4.78, 5) is 0. The molecule has 0 aromatic heterocycles. The van der Waals surface area contributed by atoms with Crippen LogP contribution in [0, 0.1) is 11.8 Å². The van der Waals surface area contributed by atoms with Gasteiger partial charge in [0.25, 0.3) is 0 Å². The van der Waals surface area contributed by atoms with Crippen molar-refractivity contribution in [2.75, 3.05) is 5.32 Å². The van der Waals surface area contributed by atoms with E-state index in [1.165, 1.54) is 12.8 Å². The Bertz CT molecular complexity index is 444. The van der Waals surface area contributed by atoms with Gasteiger partial charge in [-0.1, -0.05) is 23.8 Å². The number of rotatable bonds is 2. The lowest BCUT2D eigenvalue weighted by atomic mass is 9.71. The minimum atomic E-state index is 0.608. The molecule has 1 aromatic carbocycles. The summed E-state index contributed by atoms with van der Waals surface area (Å²) in [5.74, 6) is 1.64. The third kappa shape index (κ3) is 1.78. The first-order valence-electron chi connectivity index (χ1n) is 5.62. The highest BCUT2D eigenvalue weighted by molar-refractivity contribution is 9.10. The van der Waals surface area contributed by atoms with Gasteiger partial charge in [-0.3, -0.25) is 0 Å². The third-order valence-electron chi connectivity index (χ3n) is 3.63. The number of halogens is 2. The minimum absolute atomic E-state index is 0.608. The molecule has 0 heterocycles. The standard InChI is InChI=1S/C13H13BrClN/c14-11-7-9(4-5-12(11)15)16-13-6-8-2-1-3-10(8)13/h1,3-5,7-8,10,13,16H,2,6H2. The van der Waals surface area contributed by atoms with E-state index in [2.05, 4.69) is 33.4 Å². The Labute approximate surface area is 109 Å². The van der Waals surface area contributed by atoms with Crippen LogP contribution in [0.3, 0.4) is 0 Å². The molecule has 0 aliphatic heterocycles. The molecule has 2 aliphatic carbocycles. The summed E-state index contributed by atoms with van der Waals surface area (Å²) in [6.45, 7) is 0. The van der Waals surface area contributed by atoms with Crippen LogP contribution in [0.25, 0.3) is 0 Å². The highest BCUT2D eigenvalue weighted by Crippen LogP contribution is 2.44. The maximum Gasteiger partial charge on any atom is 0.0549 e. The van der Waals surface area contributed by atoms with E-state index in [9.17, 15) is 0 Å². The molecular formula is C13H13BrClN. The topological polar surface area (TPSA) is 12.0 Å². The van der Waals surface area contributed by atoms with Gasteiger partial charge in [0.1, 0.15) is 0 Å². The van der Waals surface area contributed by atoms with Gasteiger partial charge >= 0.3 is 0 Å². The molecule has 0 radical (unpaired) electrons. The number of anilines is 1. The van der Waals surface area contributed by atoms with Crippen molar-refractivity contribution in [1.29, 1.82) is 0 Å². The van der Waals surface area contributed by atoms with Crippen LogP contribution in [0.4, 0.5) is 5.69 Å². The molecule has 0 bridgehead atoms. The molecule has 3 atom stereocenters. The number of fused-ring (bicyclic) bond motifs is 1. The first-order chi connectivity index (χ1) is 7.74. The SMILES string of the molecule is Clc1ccc(NC2CC3CC=CC32)cc1Br. The molecule has 0 spiro atoms. The van der Waals surface area contributed by atoms with Gasteiger partial charge in [0.05, 0.1) is 5.02 Å².